The first kappa shape index (κ1) is 13.5. The molecule has 19 heavy (non-hydrogen) atoms. The predicted octanol–water partition coefficient (Wildman–Crippen LogP) is 3.63. The first-order valence-electron chi connectivity index (χ1n) is 6.36. The molecule has 0 saturated carbocycles. The number of hydrogen-bond acceptors (Lipinski definition) is 3. The molecule has 1 amide bonds. The maximum atomic E-state index is 14.0. The molecule has 1 aromatic carbocycles. The molecule has 0 heterocycles. The molecule has 0 spiro atoms. The van der Waals surface area contributed by atoms with E-state index in [9.17, 15) is 14.0 Å². The molecular formula is C14H16FNO3. The van der Waals surface area contributed by atoms with Gasteiger partial charge in [0, 0.05) is 17.7 Å². The Balaban J connectivity index is 2.26. The molecule has 1 atom stereocenters. The number of rotatable bonds is 2. The van der Waals surface area contributed by atoms with Crippen LogP contribution >= 0.6 is 0 Å². The summed E-state index contributed by atoms with van der Waals surface area (Å²) in [5.74, 6) is -0.0437. The monoisotopic (exact) mass is 265 g/mol. The SMILES string of the molecule is CCOC(=O)Nc1ccc2c(c1)C(F)CCCC2=O. The zero-order valence-electron chi connectivity index (χ0n) is 10.7. The Morgan fingerprint density at radius 3 is 3.05 bits per heavy atom. The van der Waals surface area contributed by atoms with Crippen molar-refractivity contribution in [3.63, 3.8) is 0 Å². The van der Waals surface area contributed by atoms with E-state index < -0.39 is 12.3 Å². The van der Waals surface area contributed by atoms with E-state index in [0.29, 0.717) is 36.1 Å². The zero-order valence-corrected chi connectivity index (χ0v) is 10.7. The molecule has 0 radical (unpaired) electrons. The van der Waals surface area contributed by atoms with Crippen LogP contribution in [0.15, 0.2) is 18.2 Å². The third-order valence-electron chi connectivity index (χ3n) is 3.07. The van der Waals surface area contributed by atoms with Crippen molar-refractivity contribution in [1.29, 1.82) is 0 Å². The number of anilines is 1. The molecule has 2 rings (SSSR count). The fraction of sp³-hybridized carbons (Fsp3) is 0.429. The van der Waals surface area contributed by atoms with Crippen LogP contribution in [0.25, 0.3) is 0 Å². The van der Waals surface area contributed by atoms with Crippen LogP contribution in [0.1, 0.15) is 48.3 Å². The van der Waals surface area contributed by atoms with Crippen LogP contribution < -0.4 is 5.32 Å². The smallest absolute Gasteiger partial charge is 0.411 e. The summed E-state index contributed by atoms with van der Waals surface area (Å²) in [6, 6.07) is 4.67. The van der Waals surface area contributed by atoms with Gasteiger partial charge in [-0.15, -0.1) is 0 Å². The molecule has 0 aromatic heterocycles. The molecule has 0 fully saturated rings. The lowest BCUT2D eigenvalue weighted by molar-refractivity contribution is 0.0982. The second kappa shape index (κ2) is 5.82. The number of nitrogens with one attached hydrogen (secondary N) is 1. The number of Topliss-reactive ketones (excluding diaryl/α,β-unsaturated/α-hetero) is 1. The molecule has 0 bridgehead atoms. The van der Waals surface area contributed by atoms with Crippen LogP contribution in [-0.2, 0) is 4.74 Å². The minimum absolute atomic E-state index is 0.0437. The van der Waals surface area contributed by atoms with Gasteiger partial charge in [0.15, 0.2) is 5.78 Å². The molecule has 1 aliphatic carbocycles. The summed E-state index contributed by atoms with van der Waals surface area (Å²) in [6.07, 6.45) is -0.488. The minimum atomic E-state index is -1.16. The highest BCUT2D eigenvalue weighted by atomic mass is 19.1. The van der Waals surface area contributed by atoms with Crippen molar-refractivity contribution in [2.24, 2.45) is 0 Å². The van der Waals surface area contributed by atoms with Crippen molar-refractivity contribution in [3.8, 4) is 0 Å². The van der Waals surface area contributed by atoms with Crippen molar-refractivity contribution in [2.75, 3.05) is 11.9 Å². The molecule has 0 aliphatic heterocycles. The van der Waals surface area contributed by atoms with Gasteiger partial charge in [0.25, 0.3) is 0 Å². The van der Waals surface area contributed by atoms with Crippen molar-refractivity contribution < 1.29 is 18.7 Å². The second-order valence-electron chi connectivity index (χ2n) is 4.43. The zero-order chi connectivity index (χ0) is 13.8. The number of hydrogen-bond donors (Lipinski definition) is 1. The highest BCUT2D eigenvalue weighted by Crippen LogP contribution is 2.33. The average molecular weight is 265 g/mol. The van der Waals surface area contributed by atoms with E-state index in [-0.39, 0.29) is 12.4 Å². The summed E-state index contributed by atoms with van der Waals surface area (Å²) in [4.78, 5) is 23.1. The number of ketones is 1. The topological polar surface area (TPSA) is 55.4 Å². The molecule has 1 aliphatic rings. The number of amides is 1. The Hall–Kier alpha value is -1.91. The van der Waals surface area contributed by atoms with E-state index in [1.807, 2.05) is 0 Å². The van der Waals surface area contributed by atoms with Crippen LogP contribution in [-0.4, -0.2) is 18.5 Å². The van der Waals surface area contributed by atoms with Crippen LogP contribution in [0.2, 0.25) is 0 Å². The minimum Gasteiger partial charge on any atom is -0.450 e. The quantitative estimate of drug-likeness (QED) is 0.831. The van der Waals surface area contributed by atoms with Crippen LogP contribution in [0.5, 0.6) is 0 Å². The molecule has 1 aromatic rings. The van der Waals surface area contributed by atoms with Gasteiger partial charge in [0.1, 0.15) is 6.17 Å². The van der Waals surface area contributed by atoms with Crippen LogP contribution in [0.3, 0.4) is 0 Å². The molecule has 1 N–H and O–H groups in total. The van der Waals surface area contributed by atoms with Crippen molar-refractivity contribution in [1.82, 2.24) is 0 Å². The molecule has 102 valence electrons. The predicted molar refractivity (Wildman–Crippen MR) is 69.1 cm³/mol. The number of halogens is 1. The molecule has 0 saturated heterocycles. The van der Waals surface area contributed by atoms with E-state index in [4.69, 9.17) is 4.74 Å². The van der Waals surface area contributed by atoms with E-state index in [2.05, 4.69) is 5.32 Å². The Kier molecular flexibility index (Phi) is 4.14. The lowest BCUT2D eigenvalue weighted by atomic mass is 10.0. The van der Waals surface area contributed by atoms with Gasteiger partial charge in [-0.3, -0.25) is 10.1 Å². The van der Waals surface area contributed by atoms with E-state index in [1.165, 1.54) is 6.07 Å². The van der Waals surface area contributed by atoms with Crippen LogP contribution in [0, 0.1) is 0 Å². The summed E-state index contributed by atoms with van der Waals surface area (Å²) in [5.41, 5.74) is 1.21. The maximum Gasteiger partial charge on any atom is 0.411 e. The third-order valence-corrected chi connectivity index (χ3v) is 3.07. The normalized spacial score (nSPS) is 18.4. The molecule has 5 heteroatoms. The van der Waals surface area contributed by atoms with E-state index in [0.717, 1.165) is 0 Å². The fourth-order valence-electron chi connectivity index (χ4n) is 2.17. The lowest BCUT2D eigenvalue weighted by Gasteiger charge is -2.11. The number of fused-ring (bicyclic) bond motifs is 1. The Labute approximate surface area is 110 Å². The van der Waals surface area contributed by atoms with Gasteiger partial charge in [-0.05, 0) is 43.5 Å². The van der Waals surface area contributed by atoms with Gasteiger partial charge in [-0.2, -0.15) is 0 Å². The molecule has 1 unspecified atom stereocenters. The summed E-state index contributed by atoms with van der Waals surface area (Å²) >= 11 is 0. The third kappa shape index (κ3) is 3.10. The molecular weight excluding hydrogens is 249 g/mol. The van der Waals surface area contributed by atoms with Gasteiger partial charge < -0.3 is 4.74 Å². The van der Waals surface area contributed by atoms with Gasteiger partial charge in [-0.1, -0.05) is 0 Å². The van der Waals surface area contributed by atoms with Gasteiger partial charge in [0.05, 0.1) is 6.61 Å². The van der Waals surface area contributed by atoms with E-state index in [1.54, 1.807) is 19.1 Å². The Morgan fingerprint density at radius 2 is 2.32 bits per heavy atom. The highest BCUT2D eigenvalue weighted by molar-refractivity contribution is 5.98. The Bertz CT molecular complexity index is 501. The van der Waals surface area contributed by atoms with Crippen LogP contribution in [0.4, 0.5) is 14.9 Å². The standard InChI is InChI=1S/C14H16FNO3/c1-2-19-14(18)16-9-6-7-10-11(8-9)12(15)4-3-5-13(10)17/h6-8,12H,2-5H2,1H3,(H,16,18). The van der Waals surface area contributed by atoms with Gasteiger partial charge in [-0.25, -0.2) is 9.18 Å². The summed E-state index contributed by atoms with van der Waals surface area (Å²) < 4.78 is 18.7. The summed E-state index contributed by atoms with van der Waals surface area (Å²) in [5, 5.41) is 2.51. The maximum absolute atomic E-state index is 14.0. The summed E-state index contributed by atoms with van der Waals surface area (Å²) in [6.45, 7) is 1.97. The van der Waals surface area contributed by atoms with Gasteiger partial charge >= 0.3 is 6.09 Å². The first-order chi connectivity index (χ1) is 9.11. The largest absolute Gasteiger partial charge is 0.450 e. The number of alkyl halides is 1. The Morgan fingerprint density at radius 1 is 1.53 bits per heavy atom. The van der Waals surface area contributed by atoms with Crippen molar-refractivity contribution in [2.45, 2.75) is 32.4 Å². The number of carbonyl (C=O) groups is 2. The number of benzene rings is 1. The first-order valence-corrected chi connectivity index (χ1v) is 6.36. The second-order valence-corrected chi connectivity index (χ2v) is 4.43. The van der Waals surface area contributed by atoms with E-state index >= 15 is 0 Å². The van der Waals surface area contributed by atoms with Gasteiger partial charge in [0.2, 0.25) is 0 Å². The van der Waals surface area contributed by atoms with Crippen molar-refractivity contribution >= 4 is 17.6 Å². The molecule has 4 nitrogen and oxygen atoms in total. The fourth-order valence-corrected chi connectivity index (χ4v) is 2.17. The number of ether oxygens (including phenoxy) is 1. The van der Waals surface area contributed by atoms with Crippen molar-refractivity contribution in [3.05, 3.63) is 29.3 Å². The summed E-state index contributed by atoms with van der Waals surface area (Å²) in [7, 11) is 0. The lowest BCUT2D eigenvalue weighted by Crippen LogP contribution is -2.14. The number of carbonyl (C=O) groups excluding carboxylic acids is 2. The highest BCUT2D eigenvalue weighted by Gasteiger charge is 2.23. The average Bonchev–Trinajstić information content (AvgIpc) is 2.50.